The van der Waals surface area contributed by atoms with Crippen LogP contribution in [0.25, 0.3) is 0 Å². The second-order valence-corrected chi connectivity index (χ2v) is 5.32. The van der Waals surface area contributed by atoms with Crippen LogP contribution in [0.5, 0.6) is 0 Å². The van der Waals surface area contributed by atoms with Crippen molar-refractivity contribution in [3.05, 3.63) is 22.4 Å². The SMILES string of the molecule is CC(O)(CNC(=O)N1CCOCC1)c1ccsc1. The molecule has 1 aliphatic rings. The van der Waals surface area contributed by atoms with Crippen molar-refractivity contribution in [1.82, 2.24) is 10.2 Å². The zero-order valence-corrected chi connectivity index (χ0v) is 11.2. The van der Waals surface area contributed by atoms with Gasteiger partial charge in [-0.15, -0.1) is 0 Å². The standard InChI is InChI=1S/C12H18N2O3S/c1-12(16,10-2-7-18-8-10)9-13-11(15)14-3-5-17-6-4-14/h2,7-8,16H,3-6,9H2,1H3,(H,13,15). The molecular weight excluding hydrogens is 252 g/mol. The Morgan fingerprint density at radius 3 is 2.94 bits per heavy atom. The molecule has 2 amide bonds. The monoisotopic (exact) mass is 270 g/mol. The minimum Gasteiger partial charge on any atom is -0.384 e. The maximum Gasteiger partial charge on any atom is 0.317 e. The topological polar surface area (TPSA) is 61.8 Å². The molecule has 1 aliphatic heterocycles. The molecule has 0 aromatic carbocycles. The highest BCUT2D eigenvalue weighted by Gasteiger charge is 2.25. The number of aliphatic hydroxyl groups is 1. The Morgan fingerprint density at radius 2 is 2.33 bits per heavy atom. The van der Waals surface area contributed by atoms with Gasteiger partial charge in [0.1, 0.15) is 5.60 Å². The fraction of sp³-hybridized carbons (Fsp3) is 0.583. The Hall–Kier alpha value is -1.11. The summed E-state index contributed by atoms with van der Waals surface area (Å²) in [4.78, 5) is 13.6. The number of amides is 2. The van der Waals surface area contributed by atoms with Crippen molar-refractivity contribution < 1.29 is 14.6 Å². The number of nitrogens with one attached hydrogen (secondary N) is 1. The first-order chi connectivity index (χ1) is 8.59. The van der Waals surface area contributed by atoms with Gasteiger partial charge in [0.05, 0.1) is 19.8 Å². The quantitative estimate of drug-likeness (QED) is 0.861. The average Bonchev–Trinajstić information content (AvgIpc) is 2.92. The second-order valence-electron chi connectivity index (χ2n) is 4.54. The second kappa shape index (κ2) is 5.69. The first-order valence-corrected chi connectivity index (χ1v) is 6.89. The highest BCUT2D eigenvalue weighted by Crippen LogP contribution is 2.22. The summed E-state index contributed by atoms with van der Waals surface area (Å²) in [7, 11) is 0. The van der Waals surface area contributed by atoms with Crippen molar-refractivity contribution in [3.8, 4) is 0 Å². The van der Waals surface area contributed by atoms with Gasteiger partial charge < -0.3 is 20.1 Å². The van der Waals surface area contributed by atoms with E-state index in [1.165, 1.54) is 11.3 Å². The third kappa shape index (κ3) is 3.22. The van der Waals surface area contributed by atoms with E-state index in [9.17, 15) is 9.90 Å². The lowest BCUT2D eigenvalue weighted by Gasteiger charge is -2.29. The van der Waals surface area contributed by atoms with Crippen LogP contribution in [-0.2, 0) is 10.3 Å². The summed E-state index contributed by atoms with van der Waals surface area (Å²) in [5.41, 5.74) is -0.197. The number of hydrogen-bond acceptors (Lipinski definition) is 4. The van der Waals surface area contributed by atoms with Gasteiger partial charge in [0, 0.05) is 13.1 Å². The zero-order chi connectivity index (χ0) is 13.0. The van der Waals surface area contributed by atoms with E-state index in [0.29, 0.717) is 26.3 Å². The van der Waals surface area contributed by atoms with Gasteiger partial charge in [0.15, 0.2) is 0 Å². The number of carbonyl (C=O) groups excluding carboxylic acids is 1. The van der Waals surface area contributed by atoms with Gasteiger partial charge in [-0.3, -0.25) is 0 Å². The van der Waals surface area contributed by atoms with Gasteiger partial charge in [0.25, 0.3) is 0 Å². The largest absolute Gasteiger partial charge is 0.384 e. The Balaban J connectivity index is 1.85. The normalized spacial score (nSPS) is 19.3. The van der Waals surface area contributed by atoms with Gasteiger partial charge >= 0.3 is 6.03 Å². The molecule has 0 saturated carbocycles. The van der Waals surface area contributed by atoms with E-state index >= 15 is 0 Å². The highest BCUT2D eigenvalue weighted by atomic mass is 32.1. The Labute approximate surface area is 110 Å². The van der Waals surface area contributed by atoms with Gasteiger partial charge in [-0.05, 0) is 29.3 Å². The third-order valence-corrected chi connectivity index (χ3v) is 3.71. The predicted octanol–water partition coefficient (Wildman–Crippen LogP) is 0.997. The number of nitrogens with zero attached hydrogens (tertiary/aromatic N) is 1. The van der Waals surface area contributed by atoms with Crippen molar-refractivity contribution in [2.24, 2.45) is 0 Å². The lowest BCUT2D eigenvalue weighted by molar-refractivity contribution is 0.0425. The molecule has 2 heterocycles. The van der Waals surface area contributed by atoms with Crippen molar-refractivity contribution in [2.75, 3.05) is 32.8 Å². The van der Waals surface area contributed by atoms with E-state index in [2.05, 4.69) is 5.32 Å². The molecule has 0 spiro atoms. The lowest BCUT2D eigenvalue weighted by Crippen LogP contribution is -2.49. The smallest absolute Gasteiger partial charge is 0.317 e. The minimum absolute atomic E-state index is 0.145. The number of thiophene rings is 1. The van der Waals surface area contributed by atoms with Crippen LogP contribution in [0.1, 0.15) is 12.5 Å². The van der Waals surface area contributed by atoms with Crippen molar-refractivity contribution in [2.45, 2.75) is 12.5 Å². The van der Waals surface area contributed by atoms with Crippen LogP contribution >= 0.6 is 11.3 Å². The van der Waals surface area contributed by atoms with Gasteiger partial charge in [-0.25, -0.2) is 4.79 Å². The summed E-state index contributed by atoms with van der Waals surface area (Å²) in [6, 6.07) is 1.72. The van der Waals surface area contributed by atoms with E-state index in [1.54, 1.807) is 11.8 Å². The van der Waals surface area contributed by atoms with Crippen LogP contribution < -0.4 is 5.32 Å². The fourth-order valence-electron chi connectivity index (χ4n) is 1.80. The summed E-state index contributed by atoms with van der Waals surface area (Å²) in [5, 5.41) is 16.8. The molecule has 2 N–H and O–H groups in total. The molecular formula is C12H18N2O3S. The molecule has 18 heavy (non-hydrogen) atoms. The summed E-state index contributed by atoms with van der Waals surface area (Å²) in [6.07, 6.45) is 0. The molecule has 0 radical (unpaired) electrons. The highest BCUT2D eigenvalue weighted by molar-refractivity contribution is 7.08. The number of morpholine rings is 1. The predicted molar refractivity (Wildman–Crippen MR) is 69.7 cm³/mol. The van der Waals surface area contributed by atoms with Crippen LogP contribution in [0, 0.1) is 0 Å². The Kier molecular flexibility index (Phi) is 4.21. The van der Waals surface area contributed by atoms with Gasteiger partial charge in [0.2, 0.25) is 0 Å². The van der Waals surface area contributed by atoms with E-state index in [-0.39, 0.29) is 12.6 Å². The van der Waals surface area contributed by atoms with Crippen molar-refractivity contribution >= 4 is 17.4 Å². The molecule has 6 heteroatoms. The molecule has 1 atom stereocenters. The fourth-order valence-corrected chi connectivity index (χ4v) is 2.58. The van der Waals surface area contributed by atoms with E-state index in [1.807, 2.05) is 16.8 Å². The molecule has 1 aromatic heterocycles. The van der Waals surface area contributed by atoms with Crippen LogP contribution in [0.15, 0.2) is 16.8 Å². The summed E-state index contributed by atoms with van der Waals surface area (Å²) in [6.45, 7) is 4.27. The molecule has 1 fully saturated rings. The lowest BCUT2D eigenvalue weighted by atomic mass is 9.99. The molecule has 5 nitrogen and oxygen atoms in total. The van der Waals surface area contributed by atoms with Crippen molar-refractivity contribution in [3.63, 3.8) is 0 Å². The molecule has 1 unspecified atom stereocenters. The van der Waals surface area contributed by atoms with E-state index in [4.69, 9.17) is 4.74 Å². The molecule has 1 saturated heterocycles. The number of urea groups is 1. The van der Waals surface area contributed by atoms with Crippen LogP contribution in [0.3, 0.4) is 0 Å². The van der Waals surface area contributed by atoms with Gasteiger partial charge in [-0.1, -0.05) is 0 Å². The summed E-state index contributed by atoms with van der Waals surface area (Å²) >= 11 is 1.53. The molecule has 100 valence electrons. The first-order valence-electron chi connectivity index (χ1n) is 5.95. The number of ether oxygens (including phenoxy) is 1. The third-order valence-electron chi connectivity index (χ3n) is 3.03. The summed E-state index contributed by atoms with van der Waals surface area (Å²) in [5.74, 6) is 0. The molecule has 0 aliphatic carbocycles. The van der Waals surface area contributed by atoms with E-state index < -0.39 is 5.60 Å². The average molecular weight is 270 g/mol. The number of hydrogen-bond donors (Lipinski definition) is 2. The van der Waals surface area contributed by atoms with E-state index in [0.717, 1.165) is 5.56 Å². The van der Waals surface area contributed by atoms with Crippen LogP contribution in [-0.4, -0.2) is 48.9 Å². The summed E-state index contributed by atoms with van der Waals surface area (Å²) < 4.78 is 5.18. The van der Waals surface area contributed by atoms with Crippen molar-refractivity contribution in [1.29, 1.82) is 0 Å². The minimum atomic E-state index is -1.03. The maximum atomic E-state index is 11.9. The molecule has 0 bridgehead atoms. The zero-order valence-electron chi connectivity index (χ0n) is 10.4. The Bertz CT molecular complexity index is 386. The Morgan fingerprint density at radius 1 is 1.61 bits per heavy atom. The van der Waals surface area contributed by atoms with Crippen LogP contribution in [0.4, 0.5) is 4.79 Å². The number of carbonyl (C=O) groups is 1. The number of rotatable bonds is 3. The van der Waals surface area contributed by atoms with Gasteiger partial charge in [-0.2, -0.15) is 11.3 Å². The van der Waals surface area contributed by atoms with Crippen LogP contribution in [0.2, 0.25) is 0 Å². The first kappa shape index (κ1) is 13.3. The molecule has 2 rings (SSSR count). The maximum absolute atomic E-state index is 11.9. The molecule has 1 aromatic rings.